The summed E-state index contributed by atoms with van der Waals surface area (Å²) in [4.78, 5) is 13.8. The topological polar surface area (TPSA) is 43.4 Å². The molecule has 0 rings (SSSR count). The van der Waals surface area contributed by atoms with Crippen LogP contribution in [0.25, 0.3) is 0 Å². The molecule has 0 spiro atoms. The van der Waals surface area contributed by atoms with E-state index in [2.05, 4.69) is 25.7 Å². The summed E-state index contributed by atoms with van der Waals surface area (Å²) < 4.78 is 0. The number of hydrogen-bond acceptors (Lipinski definition) is 3. The van der Waals surface area contributed by atoms with Crippen LogP contribution in [0.2, 0.25) is 0 Å². The molecule has 0 aliphatic carbocycles. The molecule has 0 heterocycles. The van der Waals surface area contributed by atoms with Crippen molar-refractivity contribution in [2.45, 2.75) is 316 Å². The standard InChI is InChI=1S/C52H105NO2.Li/c1-4-6-8-10-12-14-16-18-20-22-24-26-28-30-32-34-36-38-40-42-44-46-48-53(51(3)50-52(54)55)49-47-45-43-41-39-37-35-33-31-29-27-25-23-21-19-17-15-13-11-9-7-5-2;/h51H,4-50H2,1-3H3,(H,54,55);/q;+1/p-1. The van der Waals surface area contributed by atoms with Gasteiger partial charge in [-0.15, -0.1) is 0 Å². The SMILES string of the molecule is CCCCCCCCCCCCCCCCCCCCCCCCN(CCCCCCCCCCCCCCCCCCCCCCCC)C(C)CC(=O)[O-].[Li+]. The van der Waals surface area contributed by atoms with E-state index < -0.39 is 5.97 Å². The van der Waals surface area contributed by atoms with Crippen LogP contribution < -0.4 is 24.0 Å². The molecule has 1 atom stereocenters. The molecular formula is C52H104LiNO2. The molecule has 4 heteroatoms. The van der Waals surface area contributed by atoms with Crippen LogP contribution >= 0.6 is 0 Å². The Bertz CT molecular complexity index is 669. The summed E-state index contributed by atoms with van der Waals surface area (Å²) in [6.45, 7) is 8.79. The number of aliphatic carboxylic acids is 1. The van der Waals surface area contributed by atoms with Crippen molar-refractivity contribution in [3.8, 4) is 0 Å². The van der Waals surface area contributed by atoms with Gasteiger partial charge in [0.15, 0.2) is 0 Å². The molecule has 0 saturated carbocycles. The Kier molecular flexibility index (Phi) is 53.1. The molecule has 0 radical (unpaired) electrons. The second-order valence-electron chi connectivity index (χ2n) is 18.3. The summed E-state index contributed by atoms with van der Waals surface area (Å²) in [7, 11) is 0. The molecule has 330 valence electrons. The van der Waals surface area contributed by atoms with E-state index in [-0.39, 0.29) is 31.3 Å². The van der Waals surface area contributed by atoms with Crippen LogP contribution in [0.3, 0.4) is 0 Å². The minimum Gasteiger partial charge on any atom is -0.550 e. The van der Waals surface area contributed by atoms with E-state index in [9.17, 15) is 9.90 Å². The number of carboxylic acid groups (broad SMARTS) is 1. The molecule has 1 unspecified atom stereocenters. The third kappa shape index (κ3) is 48.4. The van der Waals surface area contributed by atoms with Crippen molar-refractivity contribution in [2.24, 2.45) is 0 Å². The maximum atomic E-state index is 11.3. The third-order valence-corrected chi connectivity index (χ3v) is 12.7. The molecule has 0 aromatic rings. The summed E-state index contributed by atoms with van der Waals surface area (Å²) >= 11 is 0. The van der Waals surface area contributed by atoms with E-state index in [0.29, 0.717) is 0 Å². The number of rotatable bonds is 49. The summed E-state index contributed by atoms with van der Waals surface area (Å²) in [6.07, 6.45) is 62.4. The molecule has 0 amide bonds. The van der Waals surface area contributed by atoms with Gasteiger partial charge in [-0.2, -0.15) is 0 Å². The summed E-state index contributed by atoms with van der Waals surface area (Å²) in [5.41, 5.74) is 0. The van der Waals surface area contributed by atoms with Gasteiger partial charge in [0, 0.05) is 18.4 Å². The zero-order valence-electron chi connectivity index (χ0n) is 39.6. The van der Waals surface area contributed by atoms with Crippen LogP contribution in [0.15, 0.2) is 0 Å². The van der Waals surface area contributed by atoms with Crippen molar-refractivity contribution in [3.05, 3.63) is 0 Å². The Hall–Kier alpha value is 0.0274. The Labute approximate surface area is 366 Å². The molecular weight excluding hydrogens is 678 g/mol. The minimum absolute atomic E-state index is 0. The van der Waals surface area contributed by atoms with Crippen molar-refractivity contribution in [1.82, 2.24) is 4.90 Å². The quantitative estimate of drug-likeness (QED) is 0.0456. The van der Waals surface area contributed by atoms with Crippen molar-refractivity contribution >= 4 is 5.97 Å². The first-order chi connectivity index (χ1) is 27.1. The maximum absolute atomic E-state index is 11.3. The molecule has 0 saturated heterocycles. The average Bonchev–Trinajstić information content (AvgIpc) is 3.17. The number of hydrogen-bond donors (Lipinski definition) is 0. The van der Waals surface area contributed by atoms with E-state index in [0.717, 1.165) is 13.1 Å². The van der Waals surface area contributed by atoms with Crippen molar-refractivity contribution in [2.75, 3.05) is 13.1 Å². The first-order valence-corrected chi connectivity index (χ1v) is 26.1. The first-order valence-electron chi connectivity index (χ1n) is 26.1. The average molecular weight is 782 g/mol. The fourth-order valence-electron chi connectivity index (χ4n) is 8.77. The van der Waals surface area contributed by atoms with Crippen LogP contribution in [0.5, 0.6) is 0 Å². The van der Waals surface area contributed by atoms with Crippen LogP contribution in [-0.2, 0) is 4.79 Å². The normalized spacial score (nSPS) is 12.1. The zero-order chi connectivity index (χ0) is 40.0. The second kappa shape index (κ2) is 51.2. The number of carbonyl (C=O) groups excluding carboxylic acids is 1. The maximum Gasteiger partial charge on any atom is 1.00 e. The smallest absolute Gasteiger partial charge is 0.550 e. The van der Waals surface area contributed by atoms with Crippen LogP contribution in [-0.4, -0.2) is 30.0 Å². The molecule has 0 aliphatic heterocycles. The van der Waals surface area contributed by atoms with Gasteiger partial charge in [0.1, 0.15) is 0 Å². The number of carboxylic acids is 1. The van der Waals surface area contributed by atoms with Gasteiger partial charge in [0.25, 0.3) is 0 Å². The molecule has 0 aromatic carbocycles. The molecule has 0 bridgehead atoms. The largest absolute Gasteiger partial charge is 1.00 e. The number of unbranched alkanes of at least 4 members (excludes halogenated alkanes) is 42. The predicted molar refractivity (Wildman–Crippen MR) is 245 cm³/mol. The van der Waals surface area contributed by atoms with Gasteiger partial charge in [-0.05, 0) is 32.9 Å². The second-order valence-corrected chi connectivity index (χ2v) is 18.3. The van der Waals surface area contributed by atoms with E-state index in [1.807, 2.05) is 0 Å². The fraction of sp³-hybridized carbons (Fsp3) is 0.981. The van der Waals surface area contributed by atoms with E-state index in [1.54, 1.807) is 0 Å². The van der Waals surface area contributed by atoms with Gasteiger partial charge in [0.2, 0.25) is 0 Å². The molecule has 0 fully saturated rings. The Morgan fingerprint density at radius 2 is 0.500 bits per heavy atom. The van der Waals surface area contributed by atoms with Crippen molar-refractivity contribution < 1.29 is 28.8 Å². The summed E-state index contributed by atoms with van der Waals surface area (Å²) in [5.74, 6) is -0.902. The van der Waals surface area contributed by atoms with E-state index in [4.69, 9.17) is 0 Å². The molecule has 56 heavy (non-hydrogen) atoms. The molecule has 0 aliphatic rings. The minimum atomic E-state index is -0.902. The van der Waals surface area contributed by atoms with Gasteiger partial charge in [0.05, 0.1) is 0 Å². The first kappa shape index (κ1) is 58.1. The molecule has 3 nitrogen and oxygen atoms in total. The molecule has 0 N–H and O–H groups in total. The summed E-state index contributed by atoms with van der Waals surface area (Å²) in [5, 5.41) is 11.3. The zero-order valence-corrected chi connectivity index (χ0v) is 39.6. The Morgan fingerprint density at radius 3 is 0.661 bits per heavy atom. The molecule has 0 aromatic heterocycles. The van der Waals surface area contributed by atoms with Gasteiger partial charge < -0.3 is 14.8 Å². The Balaban J connectivity index is 0. The fourth-order valence-corrected chi connectivity index (χ4v) is 8.77. The van der Waals surface area contributed by atoms with E-state index >= 15 is 0 Å². The van der Waals surface area contributed by atoms with Crippen LogP contribution in [0, 0.1) is 0 Å². The van der Waals surface area contributed by atoms with Crippen LogP contribution in [0.1, 0.15) is 310 Å². The summed E-state index contributed by atoms with van der Waals surface area (Å²) in [6, 6.07) is 0.0924. The van der Waals surface area contributed by atoms with E-state index in [1.165, 1.54) is 283 Å². The van der Waals surface area contributed by atoms with Crippen molar-refractivity contribution in [3.63, 3.8) is 0 Å². The van der Waals surface area contributed by atoms with Gasteiger partial charge in [-0.1, -0.05) is 284 Å². The predicted octanol–water partition coefficient (Wildman–Crippen LogP) is 14.0. The van der Waals surface area contributed by atoms with Crippen LogP contribution in [0.4, 0.5) is 0 Å². The third-order valence-electron chi connectivity index (χ3n) is 12.7. The van der Waals surface area contributed by atoms with Crippen molar-refractivity contribution in [1.29, 1.82) is 0 Å². The van der Waals surface area contributed by atoms with Gasteiger partial charge in [-0.25, -0.2) is 0 Å². The number of carbonyl (C=O) groups is 1. The Morgan fingerprint density at radius 1 is 0.339 bits per heavy atom. The van der Waals surface area contributed by atoms with Gasteiger partial charge in [-0.3, -0.25) is 0 Å². The van der Waals surface area contributed by atoms with Gasteiger partial charge >= 0.3 is 18.9 Å². The monoisotopic (exact) mass is 782 g/mol. The number of nitrogens with zero attached hydrogens (tertiary/aromatic N) is 1.